The van der Waals surface area contributed by atoms with Crippen molar-refractivity contribution in [3.63, 3.8) is 0 Å². The second kappa shape index (κ2) is 7.43. The standard InChI is InChI=1S/C18H27ClN2O2/c1-13-8-9-14(19)11-16(13)20-12-15-7-5-6-10-21(15)17(22)23-18(2,3)4/h8-9,11,15,20H,5-7,10,12H2,1-4H3. The Morgan fingerprint density at radius 2 is 2.13 bits per heavy atom. The molecule has 2 rings (SSSR count). The normalized spacial score (nSPS) is 18.7. The highest BCUT2D eigenvalue weighted by Crippen LogP contribution is 2.23. The van der Waals surface area contributed by atoms with Gasteiger partial charge in [-0.25, -0.2) is 4.79 Å². The molecule has 0 bridgehead atoms. The third kappa shape index (κ3) is 5.31. The fourth-order valence-electron chi connectivity index (χ4n) is 2.79. The summed E-state index contributed by atoms with van der Waals surface area (Å²) in [5.74, 6) is 0. The number of hydrogen-bond acceptors (Lipinski definition) is 3. The summed E-state index contributed by atoms with van der Waals surface area (Å²) >= 11 is 6.07. The first-order valence-corrected chi connectivity index (χ1v) is 8.64. The Kier molecular flexibility index (Phi) is 5.79. The van der Waals surface area contributed by atoms with Gasteiger partial charge in [-0.2, -0.15) is 0 Å². The van der Waals surface area contributed by atoms with Gasteiger partial charge >= 0.3 is 6.09 Å². The Morgan fingerprint density at radius 3 is 2.83 bits per heavy atom. The highest BCUT2D eigenvalue weighted by atomic mass is 35.5. The molecule has 23 heavy (non-hydrogen) atoms. The molecule has 1 aromatic rings. The summed E-state index contributed by atoms with van der Waals surface area (Å²) in [7, 11) is 0. The number of piperidine rings is 1. The van der Waals surface area contributed by atoms with Crippen LogP contribution in [0.5, 0.6) is 0 Å². The zero-order chi connectivity index (χ0) is 17.0. The van der Waals surface area contributed by atoms with Gasteiger partial charge in [0.1, 0.15) is 5.60 Å². The third-order valence-corrected chi connectivity index (χ3v) is 4.22. The number of hydrogen-bond donors (Lipinski definition) is 1. The average molecular weight is 339 g/mol. The summed E-state index contributed by atoms with van der Waals surface area (Å²) < 4.78 is 5.54. The van der Waals surface area contributed by atoms with E-state index in [4.69, 9.17) is 16.3 Å². The maximum atomic E-state index is 12.4. The Bertz CT molecular complexity index is 554. The van der Waals surface area contributed by atoms with Crippen LogP contribution in [0.1, 0.15) is 45.6 Å². The van der Waals surface area contributed by atoms with Crippen LogP contribution in [0.2, 0.25) is 5.02 Å². The molecular weight excluding hydrogens is 312 g/mol. The lowest BCUT2D eigenvalue weighted by atomic mass is 10.0. The van der Waals surface area contributed by atoms with E-state index in [9.17, 15) is 4.79 Å². The second-order valence-corrected chi connectivity index (χ2v) is 7.60. The number of anilines is 1. The molecule has 0 spiro atoms. The predicted octanol–water partition coefficient (Wildman–Crippen LogP) is 4.85. The predicted molar refractivity (Wildman–Crippen MR) is 95.3 cm³/mol. The molecule has 0 radical (unpaired) electrons. The summed E-state index contributed by atoms with van der Waals surface area (Å²) in [6.45, 7) is 9.22. The fraction of sp³-hybridized carbons (Fsp3) is 0.611. The van der Waals surface area contributed by atoms with Gasteiger partial charge in [0, 0.05) is 23.8 Å². The molecule has 4 nitrogen and oxygen atoms in total. The molecule has 1 aliphatic rings. The maximum absolute atomic E-state index is 12.4. The largest absolute Gasteiger partial charge is 0.444 e. The highest BCUT2D eigenvalue weighted by Gasteiger charge is 2.30. The van der Waals surface area contributed by atoms with Crippen LogP contribution in [0, 0.1) is 6.92 Å². The molecule has 1 atom stereocenters. The van der Waals surface area contributed by atoms with E-state index in [1.807, 2.05) is 50.8 Å². The van der Waals surface area contributed by atoms with E-state index in [-0.39, 0.29) is 12.1 Å². The number of ether oxygens (including phenoxy) is 1. The zero-order valence-electron chi connectivity index (χ0n) is 14.5. The summed E-state index contributed by atoms with van der Waals surface area (Å²) in [4.78, 5) is 14.3. The quantitative estimate of drug-likeness (QED) is 0.856. The topological polar surface area (TPSA) is 41.6 Å². The van der Waals surface area contributed by atoms with Crippen molar-refractivity contribution in [1.29, 1.82) is 0 Å². The monoisotopic (exact) mass is 338 g/mol. The molecule has 0 saturated carbocycles. The lowest BCUT2D eigenvalue weighted by molar-refractivity contribution is 0.0114. The second-order valence-electron chi connectivity index (χ2n) is 7.16. The lowest BCUT2D eigenvalue weighted by Crippen LogP contribution is -2.48. The van der Waals surface area contributed by atoms with Crippen LogP contribution in [-0.4, -0.2) is 35.7 Å². The highest BCUT2D eigenvalue weighted by molar-refractivity contribution is 6.30. The molecule has 1 N–H and O–H groups in total. The van der Waals surface area contributed by atoms with Gasteiger partial charge in [0.2, 0.25) is 0 Å². The number of carbonyl (C=O) groups is 1. The maximum Gasteiger partial charge on any atom is 0.410 e. The number of likely N-dealkylation sites (tertiary alicyclic amines) is 1. The minimum atomic E-state index is -0.462. The minimum Gasteiger partial charge on any atom is -0.444 e. The Hall–Kier alpha value is -1.42. The summed E-state index contributed by atoms with van der Waals surface area (Å²) in [6.07, 6.45) is 2.95. The van der Waals surface area contributed by atoms with E-state index < -0.39 is 5.60 Å². The number of rotatable bonds is 3. The van der Waals surface area contributed by atoms with Gasteiger partial charge in [-0.15, -0.1) is 0 Å². The minimum absolute atomic E-state index is 0.150. The molecule has 1 fully saturated rings. The molecule has 1 aliphatic heterocycles. The van der Waals surface area contributed by atoms with Crippen molar-refractivity contribution in [2.75, 3.05) is 18.4 Å². The van der Waals surface area contributed by atoms with E-state index in [1.165, 1.54) is 0 Å². The first-order chi connectivity index (χ1) is 10.8. The Balaban J connectivity index is 2.01. The van der Waals surface area contributed by atoms with Gasteiger partial charge in [0.25, 0.3) is 0 Å². The van der Waals surface area contributed by atoms with Crippen LogP contribution in [-0.2, 0) is 4.74 Å². The molecule has 1 heterocycles. The molecule has 0 aromatic heterocycles. The van der Waals surface area contributed by atoms with E-state index >= 15 is 0 Å². The third-order valence-electron chi connectivity index (χ3n) is 3.98. The number of amides is 1. The van der Waals surface area contributed by atoms with Crippen molar-refractivity contribution in [2.45, 2.75) is 58.6 Å². The molecule has 5 heteroatoms. The van der Waals surface area contributed by atoms with Crippen molar-refractivity contribution in [3.05, 3.63) is 28.8 Å². The Morgan fingerprint density at radius 1 is 1.39 bits per heavy atom. The molecule has 128 valence electrons. The zero-order valence-corrected chi connectivity index (χ0v) is 15.2. The van der Waals surface area contributed by atoms with E-state index in [2.05, 4.69) is 5.32 Å². The van der Waals surface area contributed by atoms with Crippen LogP contribution < -0.4 is 5.32 Å². The summed E-state index contributed by atoms with van der Waals surface area (Å²) in [5, 5.41) is 4.15. The average Bonchev–Trinajstić information content (AvgIpc) is 2.47. The SMILES string of the molecule is Cc1ccc(Cl)cc1NCC1CCCCN1C(=O)OC(C)(C)C. The number of nitrogens with one attached hydrogen (secondary N) is 1. The van der Waals surface area contributed by atoms with Gasteiger partial charge in [-0.3, -0.25) is 0 Å². The molecule has 0 aliphatic carbocycles. The van der Waals surface area contributed by atoms with Gasteiger partial charge < -0.3 is 15.0 Å². The lowest BCUT2D eigenvalue weighted by Gasteiger charge is -2.37. The van der Waals surface area contributed by atoms with Crippen molar-refractivity contribution >= 4 is 23.4 Å². The van der Waals surface area contributed by atoms with Gasteiger partial charge in [-0.05, 0) is 64.7 Å². The summed E-state index contributed by atoms with van der Waals surface area (Å²) in [6, 6.07) is 5.96. The number of benzene rings is 1. The van der Waals surface area contributed by atoms with Gasteiger partial charge in [-0.1, -0.05) is 17.7 Å². The van der Waals surface area contributed by atoms with Gasteiger partial charge in [0.05, 0.1) is 6.04 Å². The van der Waals surface area contributed by atoms with Crippen LogP contribution in [0.4, 0.5) is 10.5 Å². The van der Waals surface area contributed by atoms with Crippen LogP contribution in [0.3, 0.4) is 0 Å². The molecule has 1 amide bonds. The first kappa shape index (κ1) is 17.9. The molecule has 1 aromatic carbocycles. The van der Waals surface area contributed by atoms with E-state index in [0.29, 0.717) is 11.6 Å². The number of aryl methyl sites for hydroxylation is 1. The number of carbonyl (C=O) groups excluding carboxylic acids is 1. The molecule has 1 unspecified atom stereocenters. The number of nitrogens with zero attached hydrogens (tertiary/aromatic N) is 1. The van der Waals surface area contributed by atoms with Crippen molar-refractivity contribution in [3.8, 4) is 0 Å². The smallest absolute Gasteiger partial charge is 0.410 e. The number of halogens is 1. The van der Waals surface area contributed by atoms with Crippen LogP contribution in [0.15, 0.2) is 18.2 Å². The molecular formula is C18H27ClN2O2. The Labute approximate surface area is 144 Å². The van der Waals surface area contributed by atoms with E-state index in [1.54, 1.807) is 0 Å². The van der Waals surface area contributed by atoms with E-state index in [0.717, 1.165) is 37.1 Å². The van der Waals surface area contributed by atoms with Crippen molar-refractivity contribution in [2.24, 2.45) is 0 Å². The van der Waals surface area contributed by atoms with Crippen LogP contribution in [0.25, 0.3) is 0 Å². The van der Waals surface area contributed by atoms with Crippen molar-refractivity contribution < 1.29 is 9.53 Å². The summed E-state index contributed by atoms with van der Waals surface area (Å²) in [5.41, 5.74) is 1.71. The molecule has 1 saturated heterocycles. The first-order valence-electron chi connectivity index (χ1n) is 8.26. The van der Waals surface area contributed by atoms with Gasteiger partial charge in [0.15, 0.2) is 0 Å². The van der Waals surface area contributed by atoms with Crippen LogP contribution >= 0.6 is 11.6 Å². The van der Waals surface area contributed by atoms with Crippen molar-refractivity contribution in [1.82, 2.24) is 4.90 Å². The fourth-order valence-corrected chi connectivity index (χ4v) is 2.96.